The van der Waals surface area contributed by atoms with Crippen molar-refractivity contribution in [2.45, 2.75) is 19.4 Å². The maximum absolute atomic E-state index is 12.7. The summed E-state index contributed by atoms with van der Waals surface area (Å²) in [5.74, 6) is 1.42. The Morgan fingerprint density at radius 2 is 2.03 bits per heavy atom. The molecular formula is C21H24N4O3S. The van der Waals surface area contributed by atoms with Gasteiger partial charge in [0.1, 0.15) is 10.3 Å². The van der Waals surface area contributed by atoms with Crippen LogP contribution in [0.25, 0.3) is 10.3 Å². The van der Waals surface area contributed by atoms with Crippen LogP contribution in [-0.4, -0.2) is 43.2 Å². The van der Waals surface area contributed by atoms with Gasteiger partial charge in [0.2, 0.25) is 5.91 Å². The molecule has 152 valence electrons. The second kappa shape index (κ2) is 8.65. The number of fused-ring (bicyclic) bond motifs is 1. The van der Waals surface area contributed by atoms with Crippen molar-refractivity contribution >= 4 is 32.7 Å². The number of anilines is 1. The molecule has 1 aliphatic rings. The van der Waals surface area contributed by atoms with Gasteiger partial charge in [-0.2, -0.15) is 0 Å². The summed E-state index contributed by atoms with van der Waals surface area (Å²) in [7, 11) is 3.21. The van der Waals surface area contributed by atoms with Gasteiger partial charge in [0.15, 0.2) is 16.6 Å². The molecule has 8 heteroatoms. The number of benzene rings is 1. The predicted molar refractivity (Wildman–Crippen MR) is 114 cm³/mol. The lowest BCUT2D eigenvalue weighted by atomic mass is 9.96. The molecular weight excluding hydrogens is 388 g/mol. The molecule has 0 bridgehead atoms. The lowest BCUT2D eigenvalue weighted by Gasteiger charge is -2.31. The van der Waals surface area contributed by atoms with Crippen LogP contribution < -0.4 is 19.7 Å². The first-order valence-corrected chi connectivity index (χ1v) is 10.5. The molecule has 1 aromatic carbocycles. The zero-order valence-corrected chi connectivity index (χ0v) is 17.4. The Balaban J connectivity index is 1.33. The number of thiazole rings is 1. The van der Waals surface area contributed by atoms with E-state index in [0.29, 0.717) is 18.0 Å². The lowest BCUT2D eigenvalue weighted by molar-refractivity contribution is -0.125. The number of carbonyl (C=O) groups is 1. The van der Waals surface area contributed by atoms with Crippen LogP contribution in [0.4, 0.5) is 5.13 Å². The first-order valence-electron chi connectivity index (χ1n) is 9.63. The average Bonchev–Trinajstić information content (AvgIpc) is 3.21. The van der Waals surface area contributed by atoms with Crippen molar-refractivity contribution < 1.29 is 14.3 Å². The fourth-order valence-electron chi connectivity index (χ4n) is 3.65. The van der Waals surface area contributed by atoms with Crippen LogP contribution in [0.5, 0.6) is 11.5 Å². The number of hydrogen-bond acceptors (Lipinski definition) is 7. The zero-order valence-electron chi connectivity index (χ0n) is 16.6. The van der Waals surface area contributed by atoms with Gasteiger partial charge in [-0.15, -0.1) is 0 Å². The van der Waals surface area contributed by atoms with E-state index in [1.54, 1.807) is 31.8 Å². The lowest BCUT2D eigenvalue weighted by Crippen LogP contribution is -2.40. The molecule has 7 nitrogen and oxygen atoms in total. The minimum Gasteiger partial charge on any atom is -0.493 e. The van der Waals surface area contributed by atoms with Gasteiger partial charge < -0.3 is 19.7 Å². The Hall–Kier alpha value is -2.87. The predicted octanol–water partition coefficient (Wildman–Crippen LogP) is 3.24. The van der Waals surface area contributed by atoms with E-state index in [9.17, 15) is 4.79 Å². The number of nitrogens with zero attached hydrogens (tertiary/aromatic N) is 3. The molecule has 3 aromatic rings. The van der Waals surface area contributed by atoms with Crippen LogP contribution in [0.1, 0.15) is 18.4 Å². The monoisotopic (exact) mass is 412 g/mol. The zero-order chi connectivity index (χ0) is 20.2. The van der Waals surface area contributed by atoms with Gasteiger partial charge in [0.25, 0.3) is 0 Å². The summed E-state index contributed by atoms with van der Waals surface area (Å²) in [6.45, 7) is 2.06. The topological polar surface area (TPSA) is 76.6 Å². The number of para-hydroxylation sites is 1. The van der Waals surface area contributed by atoms with Crippen LogP contribution in [-0.2, 0) is 11.3 Å². The van der Waals surface area contributed by atoms with Crippen LogP contribution in [0.2, 0.25) is 0 Å². The second-order valence-electron chi connectivity index (χ2n) is 6.96. The fourth-order valence-corrected chi connectivity index (χ4v) is 4.61. The summed E-state index contributed by atoms with van der Waals surface area (Å²) in [6.07, 6.45) is 3.41. The number of amides is 1. The van der Waals surface area contributed by atoms with Crippen molar-refractivity contribution in [3.8, 4) is 11.5 Å². The van der Waals surface area contributed by atoms with Gasteiger partial charge in [-0.1, -0.05) is 23.5 Å². The van der Waals surface area contributed by atoms with Crippen molar-refractivity contribution in [1.82, 2.24) is 15.3 Å². The molecule has 29 heavy (non-hydrogen) atoms. The van der Waals surface area contributed by atoms with E-state index in [2.05, 4.69) is 20.2 Å². The van der Waals surface area contributed by atoms with Gasteiger partial charge in [0, 0.05) is 37.3 Å². The minimum atomic E-state index is 0.00959. The molecule has 1 saturated heterocycles. The summed E-state index contributed by atoms with van der Waals surface area (Å²) in [5.41, 5.74) is 1.83. The number of piperidine rings is 1. The summed E-state index contributed by atoms with van der Waals surface area (Å²) < 4.78 is 10.8. The van der Waals surface area contributed by atoms with E-state index in [-0.39, 0.29) is 11.8 Å². The number of rotatable bonds is 6. The van der Waals surface area contributed by atoms with E-state index in [4.69, 9.17) is 9.47 Å². The molecule has 1 aliphatic heterocycles. The number of pyridine rings is 1. The molecule has 0 unspecified atom stereocenters. The number of hydrogen-bond donors (Lipinski definition) is 1. The highest BCUT2D eigenvalue weighted by Gasteiger charge is 2.26. The second-order valence-corrected chi connectivity index (χ2v) is 7.91. The molecule has 1 amide bonds. The number of ether oxygens (including phenoxy) is 2. The molecule has 0 radical (unpaired) electrons. The quantitative estimate of drug-likeness (QED) is 0.670. The molecule has 0 atom stereocenters. The standard InChI is InChI=1S/C21H24N4O3S/c1-27-17-7-3-5-15(18(17)28-2)13-23-19(26)14-8-11-25(12-9-14)21-24-16-6-4-10-22-20(16)29-21/h3-7,10,14H,8-9,11-13H2,1-2H3,(H,23,26). The smallest absolute Gasteiger partial charge is 0.223 e. The van der Waals surface area contributed by atoms with Gasteiger partial charge in [-0.05, 0) is 31.0 Å². The third-order valence-electron chi connectivity index (χ3n) is 5.23. The average molecular weight is 413 g/mol. The molecule has 1 fully saturated rings. The van der Waals surface area contributed by atoms with Crippen molar-refractivity contribution in [1.29, 1.82) is 0 Å². The number of methoxy groups -OCH3 is 2. The van der Waals surface area contributed by atoms with Gasteiger partial charge in [-0.3, -0.25) is 4.79 Å². The Bertz CT molecular complexity index is 966. The van der Waals surface area contributed by atoms with Crippen molar-refractivity contribution in [3.05, 3.63) is 42.1 Å². The number of nitrogens with one attached hydrogen (secondary N) is 1. The van der Waals surface area contributed by atoms with Crippen molar-refractivity contribution in [2.24, 2.45) is 5.92 Å². The van der Waals surface area contributed by atoms with E-state index in [0.717, 1.165) is 47.0 Å². The first kappa shape index (κ1) is 19.4. The molecule has 1 N–H and O–H groups in total. The van der Waals surface area contributed by atoms with Crippen LogP contribution in [0.3, 0.4) is 0 Å². The molecule has 0 spiro atoms. The van der Waals surface area contributed by atoms with E-state index in [1.165, 1.54) is 0 Å². The Labute approximate surface area is 173 Å². The third kappa shape index (κ3) is 4.12. The summed E-state index contributed by atoms with van der Waals surface area (Å²) in [6, 6.07) is 9.56. The first-order chi connectivity index (χ1) is 14.2. The Morgan fingerprint density at radius 3 is 2.76 bits per heavy atom. The summed E-state index contributed by atoms with van der Waals surface area (Å²) in [5, 5.41) is 4.04. The van der Waals surface area contributed by atoms with Crippen LogP contribution in [0.15, 0.2) is 36.5 Å². The highest BCUT2D eigenvalue weighted by molar-refractivity contribution is 7.21. The highest BCUT2D eigenvalue weighted by Crippen LogP contribution is 2.32. The maximum Gasteiger partial charge on any atom is 0.223 e. The van der Waals surface area contributed by atoms with Crippen molar-refractivity contribution in [2.75, 3.05) is 32.2 Å². The Morgan fingerprint density at radius 1 is 1.21 bits per heavy atom. The summed E-state index contributed by atoms with van der Waals surface area (Å²) in [4.78, 5) is 24.9. The molecule has 0 saturated carbocycles. The number of carbonyl (C=O) groups excluding carboxylic acids is 1. The SMILES string of the molecule is COc1cccc(CNC(=O)C2CCN(c3nc4cccnc4s3)CC2)c1OC. The largest absolute Gasteiger partial charge is 0.493 e. The highest BCUT2D eigenvalue weighted by atomic mass is 32.1. The van der Waals surface area contributed by atoms with E-state index < -0.39 is 0 Å². The maximum atomic E-state index is 12.7. The normalized spacial score (nSPS) is 14.8. The van der Waals surface area contributed by atoms with Crippen LogP contribution in [0, 0.1) is 5.92 Å². The Kier molecular flexibility index (Phi) is 5.80. The van der Waals surface area contributed by atoms with Gasteiger partial charge in [-0.25, -0.2) is 9.97 Å². The molecule has 3 heterocycles. The van der Waals surface area contributed by atoms with Crippen molar-refractivity contribution in [3.63, 3.8) is 0 Å². The van der Waals surface area contributed by atoms with E-state index in [1.807, 2.05) is 30.3 Å². The van der Waals surface area contributed by atoms with Crippen LogP contribution >= 0.6 is 11.3 Å². The summed E-state index contributed by atoms with van der Waals surface area (Å²) >= 11 is 1.61. The third-order valence-corrected chi connectivity index (χ3v) is 6.27. The van der Waals surface area contributed by atoms with E-state index >= 15 is 0 Å². The minimum absolute atomic E-state index is 0.00959. The molecule has 2 aromatic heterocycles. The van der Waals surface area contributed by atoms with Gasteiger partial charge >= 0.3 is 0 Å². The fraction of sp³-hybridized carbons (Fsp3) is 0.381. The molecule has 0 aliphatic carbocycles. The number of aromatic nitrogens is 2. The molecule has 4 rings (SSSR count). The van der Waals surface area contributed by atoms with Gasteiger partial charge in [0.05, 0.1) is 14.2 Å².